The number of hydrogen-bond donors (Lipinski definition) is 0. The Morgan fingerprint density at radius 3 is 2.12 bits per heavy atom. The van der Waals surface area contributed by atoms with Crippen LogP contribution in [-0.4, -0.2) is 46.3 Å². The first-order valence-electron chi connectivity index (χ1n) is 4.74. The van der Waals surface area contributed by atoms with E-state index in [0.29, 0.717) is 5.57 Å². The van der Waals surface area contributed by atoms with Gasteiger partial charge in [-0.1, -0.05) is 0 Å². The largest absolute Gasteiger partial charge is 0.352 e. The van der Waals surface area contributed by atoms with Crippen LogP contribution < -0.4 is 0 Å². The van der Waals surface area contributed by atoms with Crippen LogP contribution in [0.1, 0.15) is 0 Å². The van der Waals surface area contributed by atoms with Crippen LogP contribution in [-0.2, 0) is 23.7 Å². The fraction of sp³-hybridized carbons (Fsp3) is 0.545. The SMILES string of the molecule is COC(OC)C1=CC(OC)(OC)C=CC1=O. The van der Waals surface area contributed by atoms with Crippen molar-refractivity contribution in [1.29, 1.82) is 0 Å². The van der Waals surface area contributed by atoms with Crippen LogP contribution in [0.5, 0.6) is 0 Å². The summed E-state index contributed by atoms with van der Waals surface area (Å²) in [5.41, 5.74) is 0.358. The summed E-state index contributed by atoms with van der Waals surface area (Å²) in [4.78, 5) is 11.6. The Hall–Kier alpha value is -1.01. The summed E-state index contributed by atoms with van der Waals surface area (Å²) < 4.78 is 20.5. The lowest BCUT2D eigenvalue weighted by molar-refractivity contribution is -0.142. The van der Waals surface area contributed by atoms with E-state index in [1.165, 1.54) is 34.5 Å². The highest BCUT2D eigenvalue weighted by atomic mass is 16.7. The molecule has 0 radical (unpaired) electrons. The van der Waals surface area contributed by atoms with Crippen molar-refractivity contribution in [1.82, 2.24) is 0 Å². The molecule has 1 aliphatic carbocycles. The van der Waals surface area contributed by atoms with Crippen molar-refractivity contribution in [3.05, 3.63) is 23.8 Å². The second kappa shape index (κ2) is 5.36. The lowest BCUT2D eigenvalue weighted by atomic mass is 10.00. The molecule has 5 nitrogen and oxygen atoms in total. The average Bonchev–Trinajstić information content (AvgIpc) is 2.33. The lowest BCUT2D eigenvalue weighted by Gasteiger charge is -2.29. The average molecular weight is 228 g/mol. The molecule has 0 saturated heterocycles. The molecule has 0 amide bonds. The molecule has 0 atom stereocenters. The third kappa shape index (κ3) is 2.38. The Labute approximate surface area is 94.6 Å². The quantitative estimate of drug-likeness (QED) is 0.647. The van der Waals surface area contributed by atoms with Crippen LogP contribution in [0, 0.1) is 0 Å². The Balaban J connectivity index is 3.05. The fourth-order valence-corrected chi connectivity index (χ4v) is 1.50. The number of rotatable bonds is 5. The summed E-state index contributed by atoms with van der Waals surface area (Å²) in [6.45, 7) is 0. The normalized spacial score (nSPS) is 19.1. The molecule has 0 spiro atoms. The summed E-state index contributed by atoms with van der Waals surface area (Å²) in [7, 11) is 5.91. The summed E-state index contributed by atoms with van der Waals surface area (Å²) in [5.74, 6) is -1.21. The molecule has 0 heterocycles. The highest BCUT2D eigenvalue weighted by molar-refractivity contribution is 6.05. The number of ketones is 1. The molecule has 5 heteroatoms. The minimum atomic E-state index is -1.03. The van der Waals surface area contributed by atoms with Gasteiger partial charge in [0.05, 0.1) is 5.57 Å². The molecule has 0 aromatic carbocycles. The van der Waals surface area contributed by atoms with Crippen LogP contribution in [0.2, 0.25) is 0 Å². The van der Waals surface area contributed by atoms with E-state index < -0.39 is 12.1 Å². The molecule has 0 unspecified atom stereocenters. The first kappa shape index (κ1) is 13.1. The van der Waals surface area contributed by atoms with E-state index in [1.54, 1.807) is 12.2 Å². The second-order valence-corrected chi connectivity index (χ2v) is 3.23. The van der Waals surface area contributed by atoms with Gasteiger partial charge in [0.1, 0.15) is 0 Å². The third-order valence-corrected chi connectivity index (χ3v) is 2.43. The summed E-state index contributed by atoms with van der Waals surface area (Å²) in [6.07, 6.45) is 3.75. The van der Waals surface area contributed by atoms with Gasteiger partial charge in [-0.25, -0.2) is 0 Å². The van der Waals surface area contributed by atoms with Gasteiger partial charge in [0.2, 0.25) is 5.79 Å². The van der Waals surface area contributed by atoms with Crippen molar-refractivity contribution in [2.45, 2.75) is 12.1 Å². The highest BCUT2D eigenvalue weighted by Crippen LogP contribution is 2.25. The molecule has 1 aliphatic rings. The standard InChI is InChI=1S/C11H16O5/c1-13-10(14-2)8-7-11(15-3,16-4)6-5-9(8)12/h5-7,10H,1-4H3. The molecule has 0 aromatic heterocycles. The highest BCUT2D eigenvalue weighted by Gasteiger charge is 2.33. The van der Waals surface area contributed by atoms with E-state index in [0.717, 1.165) is 0 Å². The smallest absolute Gasteiger partial charge is 0.208 e. The van der Waals surface area contributed by atoms with Gasteiger partial charge in [0.15, 0.2) is 12.1 Å². The summed E-state index contributed by atoms with van der Waals surface area (Å²) in [5, 5.41) is 0. The molecule has 0 bridgehead atoms. The maximum absolute atomic E-state index is 11.6. The molecule has 1 rings (SSSR count). The molecule has 0 saturated carbocycles. The minimum absolute atomic E-state index is 0.182. The Bertz CT molecular complexity index is 310. The van der Waals surface area contributed by atoms with E-state index in [4.69, 9.17) is 18.9 Å². The predicted octanol–water partition coefficient (Wildman–Crippen LogP) is 0.660. The van der Waals surface area contributed by atoms with Gasteiger partial charge < -0.3 is 18.9 Å². The van der Waals surface area contributed by atoms with Gasteiger partial charge in [-0.2, -0.15) is 0 Å². The Kier molecular flexibility index (Phi) is 4.37. The van der Waals surface area contributed by atoms with Gasteiger partial charge in [-0.3, -0.25) is 4.79 Å². The molecule has 16 heavy (non-hydrogen) atoms. The molecule has 0 aromatic rings. The molecule has 0 N–H and O–H groups in total. The Morgan fingerprint density at radius 1 is 1.12 bits per heavy atom. The number of ether oxygens (including phenoxy) is 4. The van der Waals surface area contributed by atoms with E-state index in [9.17, 15) is 4.79 Å². The van der Waals surface area contributed by atoms with Gasteiger partial charge in [0.25, 0.3) is 0 Å². The van der Waals surface area contributed by atoms with Crippen LogP contribution in [0.4, 0.5) is 0 Å². The maximum Gasteiger partial charge on any atom is 0.208 e. The molecular weight excluding hydrogens is 212 g/mol. The van der Waals surface area contributed by atoms with Crippen LogP contribution in [0.25, 0.3) is 0 Å². The third-order valence-electron chi connectivity index (χ3n) is 2.43. The van der Waals surface area contributed by atoms with E-state index in [1.807, 2.05) is 0 Å². The summed E-state index contributed by atoms with van der Waals surface area (Å²) in [6, 6.07) is 0. The van der Waals surface area contributed by atoms with Crippen molar-refractivity contribution >= 4 is 5.78 Å². The number of carbonyl (C=O) groups is 1. The van der Waals surface area contributed by atoms with Crippen molar-refractivity contribution in [3.63, 3.8) is 0 Å². The van der Waals surface area contributed by atoms with Crippen molar-refractivity contribution in [2.75, 3.05) is 28.4 Å². The van der Waals surface area contributed by atoms with Crippen LogP contribution in [0.15, 0.2) is 23.8 Å². The van der Waals surface area contributed by atoms with Gasteiger partial charge in [-0.15, -0.1) is 0 Å². The van der Waals surface area contributed by atoms with Crippen molar-refractivity contribution < 1.29 is 23.7 Å². The zero-order valence-corrected chi connectivity index (χ0v) is 9.85. The van der Waals surface area contributed by atoms with Crippen molar-refractivity contribution in [2.24, 2.45) is 0 Å². The van der Waals surface area contributed by atoms with Gasteiger partial charge in [-0.05, 0) is 18.2 Å². The summed E-state index contributed by atoms with van der Waals surface area (Å²) >= 11 is 0. The fourth-order valence-electron chi connectivity index (χ4n) is 1.50. The monoisotopic (exact) mass is 228 g/mol. The molecule has 90 valence electrons. The molecule has 0 fully saturated rings. The second-order valence-electron chi connectivity index (χ2n) is 3.23. The minimum Gasteiger partial charge on any atom is -0.352 e. The van der Waals surface area contributed by atoms with Crippen LogP contribution in [0.3, 0.4) is 0 Å². The van der Waals surface area contributed by atoms with E-state index in [-0.39, 0.29) is 5.78 Å². The zero-order valence-electron chi connectivity index (χ0n) is 9.85. The van der Waals surface area contributed by atoms with Gasteiger partial charge in [0, 0.05) is 28.4 Å². The van der Waals surface area contributed by atoms with Crippen molar-refractivity contribution in [3.8, 4) is 0 Å². The van der Waals surface area contributed by atoms with E-state index >= 15 is 0 Å². The lowest BCUT2D eigenvalue weighted by Crippen LogP contribution is -2.35. The Morgan fingerprint density at radius 2 is 1.69 bits per heavy atom. The van der Waals surface area contributed by atoms with Crippen LogP contribution >= 0.6 is 0 Å². The maximum atomic E-state index is 11.6. The number of hydrogen-bond acceptors (Lipinski definition) is 5. The predicted molar refractivity (Wildman–Crippen MR) is 56.8 cm³/mol. The topological polar surface area (TPSA) is 54.0 Å². The molecule has 0 aliphatic heterocycles. The van der Waals surface area contributed by atoms with E-state index in [2.05, 4.69) is 0 Å². The number of carbonyl (C=O) groups excluding carboxylic acids is 1. The number of methoxy groups -OCH3 is 4. The van der Waals surface area contributed by atoms with Gasteiger partial charge >= 0.3 is 0 Å². The first-order chi connectivity index (χ1) is 7.62. The number of allylic oxidation sites excluding steroid dienone is 1. The molecular formula is C11H16O5. The first-order valence-corrected chi connectivity index (χ1v) is 4.74. The zero-order chi connectivity index (χ0) is 12.2.